The second kappa shape index (κ2) is 2.67. The minimum atomic E-state index is 1.05. The Labute approximate surface area is 73.3 Å². The van der Waals surface area contributed by atoms with Crippen LogP contribution < -0.4 is 4.90 Å². The Morgan fingerprint density at radius 1 is 1.25 bits per heavy atom. The summed E-state index contributed by atoms with van der Waals surface area (Å²) < 4.78 is 0. The quantitative estimate of drug-likeness (QED) is 0.562. The molecule has 62 valence electrons. The van der Waals surface area contributed by atoms with E-state index in [1.807, 2.05) is 0 Å². The average molecular weight is 159 g/mol. The summed E-state index contributed by atoms with van der Waals surface area (Å²) in [6, 6.07) is 8.50. The fraction of sp³-hybridized carbons (Fsp3) is 0.273. The van der Waals surface area contributed by atoms with Crippen LogP contribution in [0.4, 0.5) is 5.69 Å². The normalized spacial score (nSPS) is 15.5. The van der Waals surface area contributed by atoms with Crippen LogP contribution in [0.5, 0.6) is 0 Å². The molecule has 0 atom stereocenters. The van der Waals surface area contributed by atoms with Gasteiger partial charge in [0.15, 0.2) is 0 Å². The Hall–Kier alpha value is -1.24. The maximum atomic E-state index is 2.28. The predicted octanol–water partition coefficient (Wildman–Crippen LogP) is 2.54. The largest absolute Gasteiger partial charge is 0.370 e. The van der Waals surface area contributed by atoms with Crippen LogP contribution in [0.2, 0.25) is 0 Å². The number of benzene rings is 1. The number of anilines is 1. The summed E-state index contributed by atoms with van der Waals surface area (Å²) in [7, 11) is 2.13. The summed E-state index contributed by atoms with van der Waals surface area (Å²) in [6.45, 7) is 3.23. The Bertz CT molecular complexity index is 326. The molecule has 0 saturated heterocycles. The Balaban J connectivity index is 2.55. The van der Waals surface area contributed by atoms with Crippen molar-refractivity contribution in [2.45, 2.75) is 6.92 Å². The number of fused-ring (bicyclic) bond motifs is 1. The highest BCUT2D eigenvalue weighted by Gasteiger charge is 2.10. The van der Waals surface area contributed by atoms with Crippen molar-refractivity contribution < 1.29 is 0 Å². The fourth-order valence-corrected chi connectivity index (χ4v) is 1.73. The van der Waals surface area contributed by atoms with E-state index < -0.39 is 0 Å². The minimum absolute atomic E-state index is 1.05. The molecule has 0 aliphatic carbocycles. The van der Waals surface area contributed by atoms with Gasteiger partial charge in [0.2, 0.25) is 0 Å². The standard InChI is InChI=1S/C11H13N/c1-9-7-10-5-3-4-6-11(10)12(2)8-9/h3-7H,8H2,1-2H3. The van der Waals surface area contributed by atoms with Crippen molar-refractivity contribution in [2.75, 3.05) is 18.5 Å². The molecular formula is C11H13N. The molecule has 0 amide bonds. The van der Waals surface area contributed by atoms with Gasteiger partial charge in [0, 0.05) is 19.3 Å². The summed E-state index contributed by atoms with van der Waals surface area (Å²) in [5.41, 5.74) is 4.10. The molecule has 0 spiro atoms. The van der Waals surface area contributed by atoms with Crippen molar-refractivity contribution in [3.8, 4) is 0 Å². The second-order valence-electron chi connectivity index (χ2n) is 3.41. The van der Waals surface area contributed by atoms with Crippen LogP contribution in [-0.2, 0) is 0 Å². The Morgan fingerprint density at radius 3 is 2.83 bits per heavy atom. The Morgan fingerprint density at radius 2 is 2.00 bits per heavy atom. The third kappa shape index (κ3) is 1.11. The van der Waals surface area contributed by atoms with Gasteiger partial charge in [0.1, 0.15) is 0 Å². The molecule has 0 N–H and O–H groups in total. The van der Waals surface area contributed by atoms with Crippen LogP contribution in [-0.4, -0.2) is 13.6 Å². The van der Waals surface area contributed by atoms with Gasteiger partial charge in [-0.25, -0.2) is 0 Å². The molecule has 0 bridgehead atoms. The van der Waals surface area contributed by atoms with Gasteiger partial charge in [-0.3, -0.25) is 0 Å². The lowest BCUT2D eigenvalue weighted by Gasteiger charge is -2.26. The maximum absolute atomic E-state index is 2.28. The van der Waals surface area contributed by atoms with Crippen molar-refractivity contribution in [3.05, 3.63) is 35.4 Å². The minimum Gasteiger partial charge on any atom is -0.370 e. The van der Waals surface area contributed by atoms with Gasteiger partial charge in [-0.1, -0.05) is 29.8 Å². The van der Waals surface area contributed by atoms with Crippen molar-refractivity contribution >= 4 is 11.8 Å². The predicted molar refractivity (Wildman–Crippen MR) is 53.4 cm³/mol. The highest BCUT2D eigenvalue weighted by atomic mass is 15.1. The molecule has 1 aliphatic heterocycles. The van der Waals surface area contributed by atoms with Crippen LogP contribution >= 0.6 is 0 Å². The van der Waals surface area contributed by atoms with Crippen LogP contribution in [0.25, 0.3) is 6.08 Å². The molecule has 1 aromatic rings. The average Bonchev–Trinajstić information content (AvgIpc) is 2.04. The third-order valence-corrected chi connectivity index (χ3v) is 2.24. The topological polar surface area (TPSA) is 3.24 Å². The van der Waals surface area contributed by atoms with Gasteiger partial charge >= 0.3 is 0 Å². The zero-order valence-electron chi connectivity index (χ0n) is 7.54. The van der Waals surface area contributed by atoms with E-state index in [0.717, 1.165) is 6.54 Å². The van der Waals surface area contributed by atoms with Crippen LogP contribution in [0.1, 0.15) is 12.5 Å². The first-order chi connectivity index (χ1) is 5.77. The van der Waals surface area contributed by atoms with E-state index in [2.05, 4.69) is 49.2 Å². The number of nitrogens with zero attached hydrogens (tertiary/aromatic N) is 1. The molecule has 1 aliphatic rings. The lowest BCUT2D eigenvalue weighted by Crippen LogP contribution is -2.22. The van der Waals surface area contributed by atoms with Gasteiger partial charge in [0.05, 0.1) is 0 Å². The van der Waals surface area contributed by atoms with Gasteiger partial charge in [-0.15, -0.1) is 0 Å². The van der Waals surface area contributed by atoms with Crippen molar-refractivity contribution in [3.63, 3.8) is 0 Å². The molecule has 0 fully saturated rings. The molecular weight excluding hydrogens is 146 g/mol. The first-order valence-corrected chi connectivity index (χ1v) is 4.25. The van der Waals surface area contributed by atoms with Gasteiger partial charge in [0.25, 0.3) is 0 Å². The summed E-state index contributed by atoms with van der Waals surface area (Å²) in [5, 5.41) is 0. The van der Waals surface area contributed by atoms with Gasteiger partial charge < -0.3 is 4.90 Å². The SMILES string of the molecule is CC1=Cc2ccccc2N(C)C1. The monoisotopic (exact) mass is 159 g/mol. The zero-order valence-corrected chi connectivity index (χ0v) is 7.54. The van der Waals surface area contributed by atoms with Crippen LogP contribution in [0, 0.1) is 0 Å². The van der Waals surface area contributed by atoms with Crippen LogP contribution in [0.15, 0.2) is 29.8 Å². The smallest absolute Gasteiger partial charge is 0.0440 e. The van der Waals surface area contributed by atoms with Crippen molar-refractivity contribution in [1.29, 1.82) is 0 Å². The highest BCUT2D eigenvalue weighted by Crippen LogP contribution is 2.26. The Kier molecular flexibility index (Phi) is 1.65. The van der Waals surface area contributed by atoms with E-state index in [1.165, 1.54) is 16.8 Å². The zero-order chi connectivity index (χ0) is 8.55. The lowest BCUT2D eigenvalue weighted by molar-refractivity contribution is 0.972. The van der Waals surface area contributed by atoms with Crippen LogP contribution in [0.3, 0.4) is 0 Å². The molecule has 2 rings (SSSR count). The molecule has 1 heterocycles. The molecule has 0 radical (unpaired) electrons. The van der Waals surface area contributed by atoms with Crippen molar-refractivity contribution in [2.24, 2.45) is 0 Å². The van der Waals surface area contributed by atoms with E-state index >= 15 is 0 Å². The number of likely N-dealkylation sites (N-methyl/N-ethyl adjacent to an activating group) is 1. The van der Waals surface area contributed by atoms with E-state index in [4.69, 9.17) is 0 Å². The van der Waals surface area contributed by atoms with E-state index in [1.54, 1.807) is 0 Å². The van der Waals surface area contributed by atoms with E-state index in [-0.39, 0.29) is 0 Å². The van der Waals surface area contributed by atoms with Gasteiger partial charge in [-0.05, 0) is 18.6 Å². The molecule has 1 heteroatoms. The summed E-state index contributed by atoms with van der Waals surface area (Å²) in [6.07, 6.45) is 2.26. The number of hydrogen-bond donors (Lipinski definition) is 0. The summed E-state index contributed by atoms with van der Waals surface area (Å²) in [5.74, 6) is 0. The molecule has 0 saturated carbocycles. The lowest BCUT2D eigenvalue weighted by atomic mass is 10.0. The molecule has 1 aromatic carbocycles. The van der Waals surface area contributed by atoms with Crippen molar-refractivity contribution in [1.82, 2.24) is 0 Å². The molecule has 1 nitrogen and oxygen atoms in total. The number of rotatable bonds is 0. The molecule has 0 unspecified atom stereocenters. The fourth-order valence-electron chi connectivity index (χ4n) is 1.73. The number of para-hydroxylation sites is 1. The highest BCUT2D eigenvalue weighted by molar-refractivity contribution is 5.72. The number of hydrogen-bond acceptors (Lipinski definition) is 1. The van der Waals surface area contributed by atoms with E-state index in [9.17, 15) is 0 Å². The first kappa shape index (κ1) is 7.41. The molecule has 12 heavy (non-hydrogen) atoms. The van der Waals surface area contributed by atoms with E-state index in [0.29, 0.717) is 0 Å². The second-order valence-corrected chi connectivity index (χ2v) is 3.41. The summed E-state index contributed by atoms with van der Waals surface area (Å²) in [4.78, 5) is 2.28. The van der Waals surface area contributed by atoms with Gasteiger partial charge in [-0.2, -0.15) is 0 Å². The molecule has 0 aromatic heterocycles. The summed E-state index contributed by atoms with van der Waals surface area (Å²) >= 11 is 0. The third-order valence-electron chi connectivity index (χ3n) is 2.24. The maximum Gasteiger partial charge on any atom is 0.0440 e. The first-order valence-electron chi connectivity index (χ1n) is 4.25.